The summed E-state index contributed by atoms with van der Waals surface area (Å²) in [6.07, 6.45) is 3.56. The molecule has 1 heterocycles. The molecule has 1 aliphatic rings. The van der Waals surface area contributed by atoms with Crippen molar-refractivity contribution in [1.82, 2.24) is 9.29 Å². The molecule has 0 amide bonds. The highest BCUT2D eigenvalue weighted by Crippen LogP contribution is 2.32. The highest BCUT2D eigenvalue weighted by Gasteiger charge is 2.33. The molecule has 21 heavy (non-hydrogen) atoms. The summed E-state index contributed by atoms with van der Waals surface area (Å²) in [4.78, 5) is 0.243. The van der Waals surface area contributed by atoms with Crippen LogP contribution in [0.25, 0.3) is 0 Å². The number of aromatic nitrogens is 1. The Labute approximate surface area is 127 Å². The zero-order valence-electron chi connectivity index (χ0n) is 13.2. The van der Waals surface area contributed by atoms with E-state index < -0.39 is 10.0 Å². The first kappa shape index (κ1) is 16.5. The van der Waals surface area contributed by atoms with E-state index in [9.17, 15) is 13.5 Å². The Balaban J connectivity index is 2.24. The molecule has 0 radical (unpaired) electrons. The monoisotopic (exact) mass is 314 g/mol. The van der Waals surface area contributed by atoms with E-state index in [0.717, 1.165) is 12.8 Å². The number of nitrogens with zero attached hydrogens (tertiary/aromatic N) is 1. The Morgan fingerprint density at radius 3 is 2.48 bits per heavy atom. The van der Waals surface area contributed by atoms with Crippen LogP contribution in [-0.2, 0) is 16.6 Å². The Kier molecular flexibility index (Phi) is 4.80. The summed E-state index contributed by atoms with van der Waals surface area (Å²) in [5.74, 6) is 0.898. The van der Waals surface area contributed by atoms with Crippen molar-refractivity contribution >= 4 is 10.0 Å². The van der Waals surface area contributed by atoms with Crippen LogP contribution in [0.4, 0.5) is 0 Å². The molecule has 3 atom stereocenters. The molecular formula is C15H26N2O3S. The highest BCUT2D eigenvalue weighted by atomic mass is 32.2. The number of aliphatic hydroxyl groups is 1. The molecule has 6 heteroatoms. The smallest absolute Gasteiger partial charge is 0.242 e. The number of rotatable bonds is 5. The van der Waals surface area contributed by atoms with Gasteiger partial charge in [-0.15, -0.1) is 0 Å². The third-order valence-corrected chi connectivity index (χ3v) is 6.16. The molecule has 3 unspecified atom stereocenters. The summed E-state index contributed by atoms with van der Waals surface area (Å²) in [5, 5.41) is 9.37. The molecule has 0 aliphatic heterocycles. The van der Waals surface area contributed by atoms with Crippen LogP contribution in [0.15, 0.2) is 17.2 Å². The lowest BCUT2D eigenvalue weighted by molar-refractivity contribution is 0.268. The zero-order chi connectivity index (χ0) is 15.8. The molecule has 120 valence electrons. The van der Waals surface area contributed by atoms with Gasteiger partial charge in [0.1, 0.15) is 0 Å². The maximum absolute atomic E-state index is 12.5. The predicted octanol–water partition coefficient (Wildman–Crippen LogP) is 2.27. The van der Waals surface area contributed by atoms with Crippen LogP contribution in [0.1, 0.15) is 52.3 Å². The summed E-state index contributed by atoms with van der Waals surface area (Å²) in [6, 6.07) is 1.68. The first-order valence-electron chi connectivity index (χ1n) is 7.60. The van der Waals surface area contributed by atoms with Crippen molar-refractivity contribution in [2.75, 3.05) is 0 Å². The van der Waals surface area contributed by atoms with Crippen molar-refractivity contribution < 1.29 is 13.5 Å². The van der Waals surface area contributed by atoms with Crippen LogP contribution in [0, 0.1) is 11.8 Å². The van der Waals surface area contributed by atoms with Gasteiger partial charge >= 0.3 is 0 Å². The lowest BCUT2D eigenvalue weighted by atomic mass is 9.98. The van der Waals surface area contributed by atoms with E-state index in [4.69, 9.17) is 0 Å². The van der Waals surface area contributed by atoms with Gasteiger partial charge in [-0.3, -0.25) is 0 Å². The SMILES string of the molecule is CC1CCC(NS(=O)(=O)c2cc(CO)n(C(C)C)c2)C1C. The molecule has 2 N–H and O–H groups in total. The third kappa shape index (κ3) is 3.33. The number of hydrogen-bond donors (Lipinski definition) is 2. The average molecular weight is 314 g/mol. The quantitative estimate of drug-likeness (QED) is 0.876. The molecule has 1 saturated carbocycles. The number of hydrogen-bond acceptors (Lipinski definition) is 3. The van der Waals surface area contributed by atoms with Gasteiger partial charge in [-0.05, 0) is 44.6 Å². The topological polar surface area (TPSA) is 71.3 Å². The molecule has 1 aromatic heterocycles. The molecular weight excluding hydrogens is 288 g/mol. The zero-order valence-corrected chi connectivity index (χ0v) is 14.0. The van der Waals surface area contributed by atoms with Crippen LogP contribution >= 0.6 is 0 Å². The Bertz CT molecular complexity index is 592. The molecule has 1 aromatic rings. The van der Waals surface area contributed by atoms with Crippen molar-refractivity contribution in [3.8, 4) is 0 Å². The maximum atomic E-state index is 12.5. The van der Waals surface area contributed by atoms with Crippen molar-refractivity contribution in [3.05, 3.63) is 18.0 Å². The van der Waals surface area contributed by atoms with Gasteiger partial charge in [-0.25, -0.2) is 13.1 Å². The van der Waals surface area contributed by atoms with E-state index in [1.807, 2.05) is 13.8 Å². The van der Waals surface area contributed by atoms with Gasteiger partial charge in [0.15, 0.2) is 0 Å². The van der Waals surface area contributed by atoms with Crippen LogP contribution in [0.5, 0.6) is 0 Å². The van der Waals surface area contributed by atoms with Crippen LogP contribution in [-0.4, -0.2) is 24.1 Å². The van der Waals surface area contributed by atoms with E-state index in [0.29, 0.717) is 17.5 Å². The van der Waals surface area contributed by atoms with E-state index in [2.05, 4.69) is 18.6 Å². The van der Waals surface area contributed by atoms with Crippen LogP contribution in [0.2, 0.25) is 0 Å². The van der Waals surface area contributed by atoms with E-state index >= 15 is 0 Å². The van der Waals surface area contributed by atoms with Crippen molar-refractivity contribution in [1.29, 1.82) is 0 Å². The fraction of sp³-hybridized carbons (Fsp3) is 0.733. The molecule has 0 spiro atoms. The van der Waals surface area contributed by atoms with Gasteiger partial charge in [0.25, 0.3) is 0 Å². The number of nitrogens with one attached hydrogen (secondary N) is 1. The molecule has 0 saturated heterocycles. The average Bonchev–Trinajstić information content (AvgIpc) is 2.98. The second-order valence-corrected chi connectivity index (χ2v) is 8.18. The summed E-state index contributed by atoms with van der Waals surface area (Å²) in [7, 11) is -3.53. The third-order valence-electron chi connectivity index (χ3n) is 4.71. The second-order valence-electron chi connectivity index (χ2n) is 6.47. The van der Waals surface area contributed by atoms with Crippen molar-refractivity contribution in [2.45, 2.75) is 64.1 Å². The second kappa shape index (κ2) is 6.10. The van der Waals surface area contributed by atoms with Crippen LogP contribution in [0.3, 0.4) is 0 Å². The number of aliphatic hydroxyl groups excluding tert-OH is 1. The van der Waals surface area contributed by atoms with E-state index in [-0.39, 0.29) is 23.6 Å². The largest absolute Gasteiger partial charge is 0.390 e. The summed E-state index contributed by atoms with van der Waals surface area (Å²) in [5.41, 5.74) is 0.623. The van der Waals surface area contributed by atoms with Gasteiger partial charge < -0.3 is 9.67 Å². The van der Waals surface area contributed by atoms with Gasteiger partial charge in [0, 0.05) is 24.0 Å². The van der Waals surface area contributed by atoms with E-state index in [1.165, 1.54) is 0 Å². The van der Waals surface area contributed by atoms with Gasteiger partial charge in [-0.2, -0.15) is 0 Å². The molecule has 1 fully saturated rings. The summed E-state index contributed by atoms with van der Waals surface area (Å²) >= 11 is 0. The Hall–Kier alpha value is -0.850. The minimum Gasteiger partial charge on any atom is -0.390 e. The maximum Gasteiger partial charge on any atom is 0.242 e. The molecule has 1 aliphatic carbocycles. The predicted molar refractivity (Wildman–Crippen MR) is 82.4 cm³/mol. The molecule has 2 rings (SSSR count). The molecule has 5 nitrogen and oxygen atoms in total. The Morgan fingerprint density at radius 2 is 2.05 bits per heavy atom. The lowest BCUT2D eigenvalue weighted by Gasteiger charge is -2.19. The Morgan fingerprint density at radius 1 is 1.38 bits per heavy atom. The minimum absolute atomic E-state index is 0.00461. The van der Waals surface area contributed by atoms with Crippen LogP contribution < -0.4 is 4.72 Å². The fourth-order valence-electron chi connectivity index (χ4n) is 3.05. The van der Waals surface area contributed by atoms with Gasteiger partial charge in [0.05, 0.1) is 11.5 Å². The van der Waals surface area contributed by atoms with Gasteiger partial charge in [0.2, 0.25) is 10.0 Å². The van der Waals surface area contributed by atoms with Crippen molar-refractivity contribution in [3.63, 3.8) is 0 Å². The first-order valence-corrected chi connectivity index (χ1v) is 9.08. The number of sulfonamides is 1. The molecule has 0 bridgehead atoms. The summed E-state index contributed by atoms with van der Waals surface area (Å²) < 4.78 is 29.7. The minimum atomic E-state index is -3.53. The van der Waals surface area contributed by atoms with Crippen molar-refractivity contribution in [2.24, 2.45) is 11.8 Å². The van der Waals surface area contributed by atoms with E-state index in [1.54, 1.807) is 16.8 Å². The molecule has 0 aromatic carbocycles. The lowest BCUT2D eigenvalue weighted by Crippen LogP contribution is -2.37. The fourth-order valence-corrected chi connectivity index (χ4v) is 4.46. The highest BCUT2D eigenvalue weighted by molar-refractivity contribution is 7.89. The first-order chi connectivity index (χ1) is 9.76. The standard InChI is InChI=1S/C15H26N2O3S/c1-10(2)17-8-14(7-13(17)9-18)21(19,20)16-15-6-5-11(3)12(15)4/h7-8,10-12,15-16,18H,5-6,9H2,1-4H3. The summed E-state index contributed by atoms with van der Waals surface area (Å²) in [6.45, 7) is 8.03. The van der Waals surface area contributed by atoms with Gasteiger partial charge in [-0.1, -0.05) is 13.8 Å². The normalized spacial score (nSPS) is 26.7.